The molecule has 0 spiro atoms. The van der Waals surface area contributed by atoms with Crippen molar-refractivity contribution in [2.75, 3.05) is 0 Å². The zero-order valence-corrected chi connectivity index (χ0v) is 9.38. The Morgan fingerprint density at radius 3 is 2.88 bits per heavy atom. The Kier molecular flexibility index (Phi) is 2.79. The summed E-state index contributed by atoms with van der Waals surface area (Å²) in [6.07, 6.45) is 0.902. The number of hydrogen-bond donors (Lipinski definition) is 0. The first-order valence-electron chi connectivity index (χ1n) is 5.34. The molecule has 0 unspecified atom stereocenters. The largest absolute Gasteiger partial charge is 0.328 e. The van der Waals surface area contributed by atoms with Crippen molar-refractivity contribution in [2.24, 2.45) is 5.11 Å². The summed E-state index contributed by atoms with van der Waals surface area (Å²) < 4.78 is 2.18. The number of nitrogens with zero attached hydrogens (tertiary/aromatic N) is 5. The van der Waals surface area contributed by atoms with Crippen molar-refractivity contribution in [1.29, 1.82) is 0 Å². The molecule has 0 saturated heterocycles. The van der Waals surface area contributed by atoms with Gasteiger partial charge in [0.25, 0.3) is 0 Å². The van der Waals surface area contributed by atoms with Gasteiger partial charge in [-0.05, 0) is 24.6 Å². The van der Waals surface area contributed by atoms with Crippen LogP contribution in [0.5, 0.6) is 0 Å². The first-order valence-corrected chi connectivity index (χ1v) is 5.34. The van der Waals surface area contributed by atoms with E-state index in [0.29, 0.717) is 5.69 Å². The molecule has 0 bridgehead atoms. The molecule has 16 heavy (non-hydrogen) atoms. The molecule has 0 aliphatic heterocycles. The molecule has 0 aliphatic rings. The second-order valence-corrected chi connectivity index (χ2v) is 3.49. The molecule has 1 aromatic heterocycles. The number of fused-ring (bicyclic) bond motifs is 1. The standard InChI is InChI=1S/C11H13N5/c1-3-11-13-9-7-8(14-15-12)5-6-10(9)16(11)4-2/h5-7H,3-4H2,1-2H3. The lowest BCUT2D eigenvalue weighted by atomic mass is 10.3. The van der Waals surface area contributed by atoms with E-state index in [1.807, 2.05) is 18.2 Å². The van der Waals surface area contributed by atoms with Crippen LogP contribution in [0.4, 0.5) is 5.69 Å². The highest BCUT2D eigenvalue weighted by molar-refractivity contribution is 5.79. The van der Waals surface area contributed by atoms with Gasteiger partial charge in [0.2, 0.25) is 0 Å². The SMILES string of the molecule is CCc1nc2cc(N=[N+]=[N-])ccc2n1CC. The predicted octanol–water partition coefficient (Wildman–Crippen LogP) is 3.56. The van der Waals surface area contributed by atoms with Crippen LogP contribution in [0.15, 0.2) is 23.3 Å². The number of azide groups is 1. The third-order valence-corrected chi connectivity index (χ3v) is 2.60. The lowest BCUT2D eigenvalue weighted by molar-refractivity contribution is 0.726. The second-order valence-electron chi connectivity index (χ2n) is 3.49. The molecule has 2 rings (SSSR count). The van der Waals surface area contributed by atoms with Crippen LogP contribution in [0.1, 0.15) is 19.7 Å². The lowest BCUT2D eigenvalue weighted by Gasteiger charge is -2.02. The van der Waals surface area contributed by atoms with Gasteiger partial charge in [-0.15, -0.1) is 0 Å². The van der Waals surface area contributed by atoms with Gasteiger partial charge in [0.05, 0.1) is 11.0 Å². The average Bonchev–Trinajstić information content (AvgIpc) is 2.66. The van der Waals surface area contributed by atoms with Crippen molar-refractivity contribution in [1.82, 2.24) is 9.55 Å². The fourth-order valence-electron chi connectivity index (χ4n) is 1.90. The molecule has 1 heterocycles. The topological polar surface area (TPSA) is 66.6 Å². The van der Waals surface area contributed by atoms with Gasteiger partial charge in [-0.3, -0.25) is 0 Å². The Balaban J connectivity index is 2.67. The average molecular weight is 215 g/mol. The first-order chi connectivity index (χ1) is 7.80. The van der Waals surface area contributed by atoms with E-state index in [4.69, 9.17) is 5.53 Å². The van der Waals surface area contributed by atoms with Gasteiger partial charge in [0.15, 0.2) is 0 Å². The predicted molar refractivity (Wildman–Crippen MR) is 63.6 cm³/mol. The van der Waals surface area contributed by atoms with Crippen molar-refractivity contribution in [2.45, 2.75) is 26.8 Å². The Bertz CT molecular complexity index is 563. The van der Waals surface area contributed by atoms with E-state index in [0.717, 1.165) is 29.8 Å². The van der Waals surface area contributed by atoms with E-state index in [1.165, 1.54) is 0 Å². The zero-order chi connectivity index (χ0) is 11.5. The minimum absolute atomic E-state index is 0.610. The first kappa shape index (κ1) is 10.5. The normalized spacial score (nSPS) is 10.4. The molecule has 0 radical (unpaired) electrons. The number of aryl methyl sites for hydroxylation is 2. The quantitative estimate of drug-likeness (QED) is 0.438. The Morgan fingerprint density at radius 2 is 2.25 bits per heavy atom. The maximum absolute atomic E-state index is 8.38. The Morgan fingerprint density at radius 1 is 1.44 bits per heavy atom. The summed E-state index contributed by atoms with van der Waals surface area (Å²) in [5, 5.41) is 3.58. The van der Waals surface area contributed by atoms with E-state index < -0.39 is 0 Å². The number of rotatable bonds is 3. The highest BCUT2D eigenvalue weighted by Gasteiger charge is 2.07. The minimum atomic E-state index is 0.610. The molecule has 0 amide bonds. The second kappa shape index (κ2) is 4.24. The van der Waals surface area contributed by atoms with E-state index >= 15 is 0 Å². The summed E-state index contributed by atoms with van der Waals surface area (Å²) in [5.41, 5.74) is 11.0. The number of imidazole rings is 1. The van der Waals surface area contributed by atoms with E-state index in [-0.39, 0.29) is 0 Å². The summed E-state index contributed by atoms with van der Waals surface area (Å²) in [6, 6.07) is 5.59. The maximum atomic E-state index is 8.38. The van der Waals surface area contributed by atoms with Crippen molar-refractivity contribution < 1.29 is 0 Å². The summed E-state index contributed by atoms with van der Waals surface area (Å²) in [4.78, 5) is 7.30. The van der Waals surface area contributed by atoms with Crippen LogP contribution in [-0.4, -0.2) is 9.55 Å². The smallest absolute Gasteiger partial charge is 0.109 e. The van der Waals surface area contributed by atoms with Crippen LogP contribution < -0.4 is 0 Å². The Hall–Kier alpha value is -2.00. The molecule has 1 aromatic carbocycles. The van der Waals surface area contributed by atoms with Crippen LogP contribution in [-0.2, 0) is 13.0 Å². The molecular weight excluding hydrogens is 202 g/mol. The molecule has 0 atom stereocenters. The molecule has 0 aliphatic carbocycles. The minimum Gasteiger partial charge on any atom is -0.328 e. The molecule has 0 N–H and O–H groups in total. The molecule has 2 aromatic rings. The fourth-order valence-corrected chi connectivity index (χ4v) is 1.90. The van der Waals surface area contributed by atoms with Crippen molar-refractivity contribution in [3.8, 4) is 0 Å². The molecule has 0 saturated carbocycles. The fraction of sp³-hybridized carbons (Fsp3) is 0.364. The van der Waals surface area contributed by atoms with Crippen LogP contribution in [0.2, 0.25) is 0 Å². The van der Waals surface area contributed by atoms with Crippen LogP contribution >= 0.6 is 0 Å². The zero-order valence-electron chi connectivity index (χ0n) is 9.38. The van der Waals surface area contributed by atoms with Crippen molar-refractivity contribution in [3.63, 3.8) is 0 Å². The lowest BCUT2D eigenvalue weighted by Crippen LogP contribution is -1.99. The Labute approximate surface area is 93.3 Å². The van der Waals surface area contributed by atoms with Gasteiger partial charge in [-0.2, -0.15) is 0 Å². The summed E-state index contributed by atoms with van der Waals surface area (Å²) in [5.74, 6) is 1.07. The molecule has 5 heteroatoms. The highest BCUT2D eigenvalue weighted by Crippen LogP contribution is 2.22. The van der Waals surface area contributed by atoms with E-state index in [2.05, 4.69) is 33.4 Å². The van der Waals surface area contributed by atoms with E-state index in [1.54, 1.807) is 0 Å². The van der Waals surface area contributed by atoms with Crippen LogP contribution in [0.25, 0.3) is 21.5 Å². The van der Waals surface area contributed by atoms with Gasteiger partial charge in [0, 0.05) is 23.6 Å². The van der Waals surface area contributed by atoms with Gasteiger partial charge < -0.3 is 4.57 Å². The van der Waals surface area contributed by atoms with Gasteiger partial charge in [-0.1, -0.05) is 18.1 Å². The van der Waals surface area contributed by atoms with Crippen molar-refractivity contribution >= 4 is 16.7 Å². The molecule has 5 nitrogen and oxygen atoms in total. The molecule has 82 valence electrons. The monoisotopic (exact) mass is 215 g/mol. The number of aromatic nitrogens is 2. The van der Waals surface area contributed by atoms with Gasteiger partial charge in [0.1, 0.15) is 5.82 Å². The van der Waals surface area contributed by atoms with Gasteiger partial charge in [-0.25, -0.2) is 4.98 Å². The summed E-state index contributed by atoms with van der Waals surface area (Å²) in [6.45, 7) is 5.09. The van der Waals surface area contributed by atoms with Crippen LogP contribution in [0.3, 0.4) is 0 Å². The van der Waals surface area contributed by atoms with Crippen LogP contribution in [0, 0.1) is 0 Å². The molecule has 0 fully saturated rings. The number of hydrogen-bond acceptors (Lipinski definition) is 2. The highest BCUT2D eigenvalue weighted by atomic mass is 15.1. The maximum Gasteiger partial charge on any atom is 0.109 e. The summed E-state index contributed by atoms with van der Waals surface area (Å²) in [7, 11) is 0. The number of benzene rings is 1. The third-order valence-electron chi connectivity index (χ3n) is 2.60. The van der Waals surface area contributed by atoms with Gasteiger partial charge >= 0.3 is 0 Å². The molecular formula is C11H13N5. The summed E-state index contributed by atoms with van der Waals surface area (Å²) >= 11 is 0. The third kappa shape index (κ3) is 1.61. The van der Waals surface area contributed by atoms with E-state index in [9.17, 15) is 0 Å². The van der Waals surface area contributed by atoms with Crippen molar-refractivity contribution in [3.05, 3.63) is 34.5 Å².